The van der Waals surface area contributed by atoms with Crippen LogP contribution in [0.2, 0.25) is 0 Å². The minimum absolute atomic E-state index is 0.445. The zero-order chi connectivity index (χ0) is 11.6. The molecule has 1 fully saturated rings. The van der Waals surface area contributed by atoms with Crippen molar-refractivity contribution in [1.29, 1.82) is 0 Å². The van der Waals surface area contributed by atoms with Gasteiger partial charge >= 0.3 is 0 Å². The maximum atomic E-state index is 5.70. The van der Waals surface area contributed by atoms with Crippen molar-refractivity contribution in [3.8, 4) is 0 Å². The minimum atomic E-state index is 0.445. The van der Waals surface area contributed by atoms with Gasteiger partial charge in [0, 0.05) is 12.5 Å². The average molecular weight is 221 g/mol. The summed E-state index contributed by atoms with van der Waals surface area (Å²) < 4.78 is 5.70. The molecule has 0 saturated heterocycles. The minimum Gasteiger partial charge on any atom is -0.465 e. The lowest BCUT2D eigenvalue weighted by Gasteiger charge is -2.27. The van der Waals surface area contributed by atoms with Crippen molar-refractivity contribution in [3.05, 3.63) is 23.7 Å². The molecule has 1 atom stereocenters. The van der Waals surface area contributed by atoms with Crippen molar-refractivity contribution in [2.24, 2.45) is 5.41 Å². The van der Waals surface area contributed by atoms with Crippen molar-refractivity contribution in [2.75, 3.05) is 0 Å². The largest absolute Gasteiger partial charge is 0.465 e. The molecular formula is C14H23NO. The van der Waals surface area contributed by atoms with Crippen LogP contribution in [-0.4, -0.2) is 6.04 Å². The summed E-state index contributed by atoms with van der Waals surface area (Å²) in [5.74, 6) is 2.15. The van der Waals surface area contributed by atoms with Gasteiger partial charge in [-0.15, -0.1) is 0 Å². The smallest absolute Gasteiger partial charge is 0.117 e. The van der Waals surface area contributed by atoms with Crippen molar-refractivity contribution < 1.29 is 4.42 Å². The third kappa shape index (κ3) is 2.49. The van der Waals surface area contributed by atoms with E-state index in [0.29, 0.717) is 11.5 Å². The van der Waals surface area contributed by atoms with Crippen LogP contribution in [0.3, 0.4) is 0 Å². The van der Waals surface area contributed by atoms with Crippen LogP contribution in [0, 0.1) is 5.41 Å². The highest BCUT2D eigenvalue weighted by Gasteiger charge is 2.33. The lowest BCUT2D eigenvalue weighted by atomic mass is 9.87. The number of nitrogens with one attached hydrogen (secondary N) is 1. The normalized spacial score (nSPS) is 23.8. The summed E-state index contributed by atoms with van der Waals surface area (Å²) in [5, 5.41) is 3.63. The highest BCUT2D eigenvalue weighted by molar-refractivity contribution is 5.07. The quantitative estimate of drug-likeness (QED) is 0.841. The summed E-state index contributed by atoms with van der Waals surface area (Å²) in [4.78, 5) is 0. The van der Waals surface area contributed by atoms with E-state index in [4.69, 9.17) is 4.42 Å². The van der Waals surface area contributed by atoms with E-state index in [1.165, 1.54) is 19.3 Å². The first-order chi connectivity index (χ1) is 7.62. The van der Waals surface area contributed by atoms with Gasteiger partial charge in [0.2, 0.25) is 0 Å². The highest BCUT2D eigenvalue weighted by atomic mass is 16.3. The van der Waals surface area contributed by atoms with E-state index in [1.807, 2.05) is 0 Å². The molecule has 16 heavy (non-hydrogen) atoms. The Morgan fingerprint density at radius 1 is 1.38 bits per heavy atom. The molecule has 1 N–H and O–H groups in total. The summed E-state index contributed by atoms with van der Waals surface area (Å²) in [5.41, 5.74) is 0.445. The van der Waals surface area contributed by atoms with Crippen LogP contribution in [0.1, 0.15) is 51.6 Å². The molecule has 2 rings (SSSR count). The fourth-order valence-electron chi connectivity index (χ4n) is 2.64. The molecule has 0 aliphatic heterocycles. The molecule has 1 heterocycles. The molecule has 1 aromatic rings. The zero-order valence-corrected chi connectivity index (χ0v) is 10.7. The summed E-state index contributed by atoms with van der Waals surface area (Å²) in [6.07, 6.45) is 4.97. The fraction of sp³-hybridized carbons (Fsp3) is 0.714. The molecule has 0 amide bonds. The molecule has 0 spiro atoms. The molecule has 1 unspecified atom stereocenters. The van der Waals surface area contributed by atoms with Crippen LogP contribution in [-0.2, 0) is 13.0 Å². The van der Waals surface area contributed by atoms with Crippen molar-refractivity contribution in [2.45, 2.75) is 59.0 Å². The molecule has 2 heteroatoms. The Morgan fingerprint density at radius 2 is 2.12 bits per heavy atom. The molecule has 1 saturated carbocycles. The van der Waals surface area contributed by atoms with Crippen LogP contribution in [0.4, 0.5) is 0 Å². The molecule has 1 aliphatic rings. The molecule has 0 radical (unpaired) electrons. The van der Waals surface area contributed by atoms with Gasteiger partial charge in [-0.1, -0.05) is 27.2 Å². The maximum absolute atomic E-state index is 5.70. The Labute approximate surface area is 98.4 Å². The molecule has 1 aromatic heterocycles. The summed E-state index contributed by atoms with van der Waals surface area (Å²) in [6, 6.07) is 4.81. The number of hydrogen-bond acceptors (Lipinski definition) is 2. The van der Waals surface area contributed by atoms with Crippen LogP contribution >= 0.6 is 0 Å². The SMILES string of the molecule is CCc1ccc(CNC2CCCC2(C)C)o1. The third-order valence-corrected chi connectivity index (χ3v) is 3.85. The van der Waals surface area contributed by atoms with Gasteiger partial charge in [-0.3, -0.25) is 0 Å². The maximum Gasteiger partial charge on any atom is 0.117 e. The van der Waals surface area contributed by atoms with Crippen LogP contribution in [0.5, 0.6) is 0 Å². The Morgan fingerprint density at radius 3 is 2.69 bits per heavy atom. The molecule has 2 nitrogen and oxygen atoms in total. The second-order valence-corrected chi connectivity index (χ2v) is 5.54. The van der Waals surface area contributed by atoms with E-state index in [-0.39, 0.29) is 0 Å². The van der Waals surface area contributed by atoms with Crippen molar-refractivity contribution >= 4 is 0 Å². The van der Waals surface area contributed by atoms with Gasteiger partial charge in [0.1, 0.15) is 11.5 Å². The van der Waals surface area contributed by atoms with Gasteiger partial charge in [0.15, 0.2) is 0 Å². The van der Waals surface area contributed by atoms with Crippen LogP contribution in [0.25, 0.3) is 0 Å². The summed E-state index contributed by atoms with van der Waals surface area (Å²) >= 11 is 0. The Kier molecular flexibility index (Phi) is 3.38. The van der Waals surface area contributed by atoms with Crippen LogP contribution in [0.15, 0.2) is 16.5 Å². The lowest BCUT2D eigenvalue weighted by molar-refractivity contribution is 0.275. The topological polar surface area (TPSA) is 25.2 Å². The lowest BCUT2D eigenvalue weighted by Crippen LogP contribution is -2.37. The zero-order valence-electron chi connectivity index (χ0n) is 10.7. The predicted molar refractivity (Wildman–Crippen MR) is 66.3 cm³/mol. The predicted octanol–water partition coefficient (Wildman–Crippen LogP) is 3.51. The van der Waals surface area contributed by atoms with Gasteiger partial charge in [0.25, 0.3) is 0 Å². The number of aryl methyl sites for hydroxylation is 1. The Balaban J connectivity index is 1.87. The van der Waals surface area contributed by atoms with E-state index in [9.17, 15) is 0 Å². The first-order valence-electron chi connectivity index (χ1n) is 6.43. The van der Waals surface area contributed by atoms with E-state index in [0.717, 1.165) is 24.5 Å². The monoisotopic (exact) mass is 221 g/mol. The van der Waals surface area contributed by atoms with E-state index in [1.54, 1.807) is 0 Å². The van der Waals surface area contributed by atoms with Crippen molar-refractivity contribution in [3.63, 3.8) is 0 Å². The van der Waals surface area contributed by atoms with Gasteiger partial charge < -0.3 is 9.73 Å². The van der Waals surface area contributed by atoms with Gasteiger partial charge in [-0.25, -0.2) is 0 Å². The van der Waals surface area contributed by atoms with Crippen LogP contribution < -0.4 is 5.32 Å². The second-order valence-electron chi connectivity index (χ2n) is 5.54. The van der Waals surface area contributed by atoms with Crippen molar-refractivity contribution in [1.82, 2.24) is 5.32 Å². The van der Waals surface area contributed by atoms with Gasteiger partial charge in [0.05, 0.1) is 6.54 Å². The first kappa shape index (κ1) is 11.7. The highest BCUT2D eigenvalue weighted by Crippen LogP contribution is 2.37. The molecule has 0 aromatic carbocycles. The molecule has 90 valence electrons. The standard InChI is InChI=1S/C14H23NO/c1-4-11-7-8-12(16-11)10-15-13-6-5-9-14(13,2)3/h7-8,13,15H,4-6,9-10H2,1-3H3. The molecule has 1 aliphatic carbocycles. The Bertz CT molecular complexity index is 340. The summed E-state index contributed by atoms with van der Waals surface area (Å²) in [6.45, 7) is 7.71. The third-order valence-electron chi connectivity index (χ3n) is 3.85. The average Bonchev–Trinajstić information content (AvgIpc) is 2.81. The van der Waals surface area contributed by atoms with Gasteiger partial charge in [-0.2, -0.15) is 0 Å². The summed E-state index contributed by atoms with van der Waals surface area (Å²) in [7, 11) is 0. The number of furan rings is 1. The second kappa shape index (κ2) is 4.62. The first-order valence-corrected chi connectivity index (χ1v) is 6.43. The Hall–Kier alpha value is -0.760. The number of rotatable bonds is 4. The molecule has 0 bridgehead atoms. The molecular weight excluding hydrogens is 198 g/mol. The van der Waals surface area contributed by atoms with E-state index < -0.39 is 0 Å². The van der Waals surface area contributed by atoms with Gasteiger partial charge in [-0.05, 0) is 30.4 Å². The fourth-order valence-corrected chi connectivity index (χ4v) is 2.64. The van der Waals surface area contributed by atoms with E-state index >= 15 is 0 Å². The van der Waals surface area contributed by atoms with E-state index in [2.05, 4.69) is 38.2 Å². The number of hydrogen-bond donors (Lipinski definition) is 1.